The van der Waals surface area contributed by atoms with Gasteiger partial charge in [-0.1, -0.05) is 17.8 Å². The van der Waals surface area contributed by atoms with Gasteiger partial charge < -0.3 is 5.11 Å². The van der Waals surface area contributed by atoms with Crippen LogP contribution in [0.25, 0.3) is 0 Å². The number of aliphatic hydroxyl groups is 1. The van der Waals surface area contributed by atoms with E-state index in [0.29, 0.717) is 17.3 Å². The first-order chi connectivity index (χ1) is 6.64. The molecule has 1 unspecified atom stereocenters. The first-order valence-corrected chi connectivity index (χ1v) is 5.36. The van der Waals surface area contributed by atoms with Crippen molar-refractivity contribution < 1.29 is 5.11 Å². The van der Waals surface area contributed by atoms with Crippen LogP contribution in [0.5, 0.6) is 0 Å². The lowest BCUT2D eigenvalue weighted by molar-refractivity contribution is 0.0890. The largest absolute Gasteiger partial charge is 0.389 e. The molecule has 0 aliphatic carbocycles. The van der Waals surface area contributed by atoms with E-state index in [0.717, 1.165) is 0 Å². The number of hydrogen-bond donors (Lipinski definition) is 1. The fourth-order valence-corrected chi connectivity index (χ4v) is 1.78. The molecule has 0 bridgehead atoms. The number of rotatable bonds is 5. The Morgan fingerprint density at radius 1 is 1.57 bits per heavy atom. The van der Waals surface area contributed by atoms with E-state index in [1.54, 1.807) is 31.5 Å². The molecule has 1 rings (SSSR count). The molecule has 0 spiro atoms. The summed E-state index contributed by atoms with van der Waals surface area (Å²) in [6, 6.07) is 1.77. The lowest BCUT2D eigenvalue weighted by atomic mass is 10.1. The summed E-state index contributed by atoms with van der Waals surface area (Å²) in [5.41, 5.74) is -0.731. The second kappa shape index (κ2) is 5.12. The molecule has 1 aromatic heterocycles. The van der Waals surface area contributed by atoms with Crippen molar-refractivity contribution in [1.82, 2.24) is 9.97 Å². The van der Waals surface area contributed by atoms with Crippen molar-refractivity contribution in [2.24, 2.45) is 0 Å². The maximum atomic E-state index is 9.83. The van der Waals surface area contributed by atoms with Gasteiger partial charge >= 0.3 is 0 Å². The maximum absolute atomic E-state index is 9.83. The predicted molar refractivity (Wildman–Crippen MR) is 58.2 cm³/mol. The van der Waals surface area contributed by atoms with Crippen molar-refractivity contribution in [1.29, 1.82) is 0 Å². The maximum Gasteiger partial charge on any atom is 0.187 e. The summed E-state index contributed by atoms with van der Waals surface area (Å²) in [5, 5.41) is 10.5. The number of nitrogens with zero attached hydrogens (tertiary/aromatic N) is 2. The van der Waals surface area contributed by atoms with Crippen LogP contribution in [0, 0.1) is 0 Å². The van der Waals surface area contributed by atoms with Gasteiger partial charge in [0.1, 0.15) is 0 Å². The van der Waals surface area contributed by atoms with Crippen LogP contribution in [-0.4, -0.2) is 26.4 Å². The summed E-state index contributed by atoms with van der Waals surface area (Å²) in [4.78, 5) is 8.11. The van der Waals surface area contributed by atoms with Gasteiger partial charge in [0.2, 0.25) is 0 Å². The summed E-state index contributed by atoms with van der Waals surface area (Å²) in [7, 11) is 0. The molecule has 76 valence electrons. The summed E-state index contributed by atoms with van der Waals surface area (Å²) < 4.78 is 0. The number of aromatic nitrogens is 2. The van der Waals surface area contributed by atoms with Crippen LogP contribution in [0.3, 0.4) is 0 Å². The lowest BCUT2D eigenvalue weighted by Crippen LogP contribution is -2.26. The third kappa shape index (κ3) is 3.89. The molecule has 1 atom stereocenters. The van der Waals surface area contributed by atoms with Crippen molar-refractivity contribution in [3.05, 3.63) is 31.1 Å². The molecule has 3 nitrogen and oxygen atoms in total. The third-order valence-electron chi connectivity index (χ3n) is 1.64. The summed E-state index contributed by atoms with van der Waals surface area (Å²) in [6.45, 7) is 5.38. The molecule has 0 aliphatic rings. The second-order valence-corrected chi connectivity index (χ2v) is 4.25. The summed E-state index contributed by atoms with van der Waals surface area (Å²) >= 11 is 1.45. The van der Waals surface area contributed by atoms with E-state index < -0.39 is 5.60 Å². The Balaban J connectivity index is 2.44. The van der Waals surface area contributed by atoms with Crippen LogP contribution in [0.1, 0.15) is 13.3 Å². The fourth-order valence-electron chi connectivity index (χ4n) is 0.950. The zero-order valence-electron chi connectivity index (χ0n) is 8.18. The Hall–Kier alpha value is -0.870. The highest BCUT2D eigenvalue weighted by Gasteiger charge is 2.18. The lowest BCUT2D eigenvalue weighted by Gasteiger charge is -2.19. The van der Waals surface area contributed by atoms with E-state index >= 15 is 0 Å². The zero-order valence-corrected chi connectivity index (χ0v) is 9.00. The van der Waals surface area contributed by atoms with Crippen LogP contribution in [0.4, 0.5) is 0 Å². The summed E-state index contributed by atoms with van der Waals surface area (Å²) in [5.74, 6) is 0.572. The van der Waals surface area contributed by atoms with Crippen LogP contribution in [-0.2, 0) is 0 Å². The van der Waals surface area contributed by atoms with E-state index in [4.69, 9.17) is 0 Å². The van der Waals surface area contributed by atoms with Crippen molar-refractivity contribution in [2.45, 2.75) is 24.1 Å². The predicted octanol–water partition coefficient (Wildman–Crippen LogP) is 1.90. The molecular weight excluding hydrogens is 196 g/mol. The molecule has 1 heterocycles. The summed E-state index contributed by atoms with van der Waals surface area (Å²) in [6.07, 6.45) is 5.67. The Bertz CT molecular complexity index is 287. The van der Waals surface area contributed by atoms with Crippen LogP contribution >= 0.6 is 11.8 Å². The number of hydrogen-bond acceptors (Lipinski definition) is 4. The molecule has 0 saturated heterocycles. The molecule has 1 aromatic rings. The minimum absolute atomic E-state index is 0.572. The topological polar surface area (TPSA) is 46.0 Å². The molecular formula is C10H14N2OS. The van der Waals surface area contributed by atoms with Crippen molar-refractivity contribution >= 4 is 11.8 Å². The van der Waals surface area contributed by atoms with E-state index in [1.165, 1.54) is 11.8 Å². The van der Waals surface area contributed by atoms with Crippen LogP contribution in [0.2, 0.25) is 0 Å². The van der Waals surface area contributed by atoms with Crippen molar-refractivity contribution in [3.63, 3.8) is 0 Å². The highest BCUT2D eigenvalue weighted by Crippen LogP contribution is 2.21. The SMILES string of the molecule is C=CCC(C)(O)CSc1ncccn1. The molecule has 0 aliphatic heterocycles. The molecule has 0 aromatic carbocycles. The molecule has 0 saturated carbocycles. The van der Waals surface area contributed by atoms with Crippen LogP contribution < -0.4 is 0 Å². The molecule has 14 heavy (non-hydrogen) atoms. The van der Waals surface area contributed by atoms with E-state index in [2.05, 4.69) is 16.5 Å². The van der Waals surface area contributed by atoms with Gasteiger partial charge in [0.05, 0.1) is 5.60 Å². The molecule has 0 amide bonds. The van der Waals surface area contributed by atoms with Crippen LogP contribution in [0.15, 0.2) is 36.3 Å². The Labute approximate surface area is 88.3 Å². The normalized spacial score (nSPS) is 14.7. The first kappa shape index (κ1) is 11.2. The third-order valence-corrected chi connectivity index (χ3v) is 2.87. The van der Waals surface area contributed by atoms with Gasteiger partial charge in [0.25, 0.3) is 0 Å². The molecule has 0 fully saturated rings. The van der Waals surface area contributed by atoms with Crippen molar-refractivity contribution in [3.8, 4) is 0 Å². The van der Waals surface area contributed by atoms with Gasteiger partial charge in [0.15, 0.2) is 5.16 Å². The molecule has 1 N–H and O–H groups in total. The average molecular weight is 210 g/mol. The minimum Gasteiger partial charge on any atom is -0.389 e. The highest BCUT2D eigenvalue weighted by molar-refractivity contribution is 7.99. The van der Waals surface area contributed by atoms with Gasteiger partial charge in [-0.25, -0.2) is 9.97 Å². The van der Waals surface area contributed by atoms with Crippen molar-refractivity contribution in [2.75, 3.05) is 5.75 Å². The standard InChI is InChI=1S/C10H14N2OS/c1-3-5-10(2,13)8-14-9-11-6-4-7-12-9/h3-4,6-7,13H,1,5,8H2,2H3. The van der Waals surface area contributed by atoms with E-state index in [9.17, 15) is 5.11 Å². The number of thioether (sulfide) groups is 1. The Kier molecular flexibility index (Phi) is 4.10. The molecule has 0 radical (unpaired) electrons. The quantitative estimate of drug-likeness (QED) is 0.458. The fraction of sp³-hybridized carbons (Fsp3) is 0.400. The van der Waals surface area contributed by atoms with Gasteiger partial charge in [-0.05, 0) is 19.4 Å². The van der Waals surface area contributed by atoms with Gasteiger partial charge in [-0.15, -0.1) is 6.58 Å². The van der Waals surface area contributed by atoms with Gasteiger partial charge in [-0.3, -0.25) is 0 Å². The monoisotopic (exact) mass is 210 g/mol. The first-order valence-electron chi connectivity index (χ1n) is 4.37. The van der Waals surface area contributed by atoms with E-state index in [-0.39, 0.29) is 0 Å². The Morgan fingerprint density at radius 3 is 2.79 bits per heavy atom. The zero-order chi connectivity index (χ0) is 10.4. The van der Waals surface area contributed by atoms with E-state index in [1.807, 2.05) is 0 Å². The average Bonchev–Trinajstić information content (AvgIpc) is 2.17. The minimum atomic E-state index is -0.731. The smallest absolute Gasteiger partial charge is 0.187 e. The van der Waals surface area contributed by atoms with Gasteiger partial charge in [-0.2, -0.15) is 0 Å². The molecule has 4 heteroatoms. The Morgan fingerprint density at radius 2 is 2.21 bits per heavy atom. The van der Waals surface area contributed by atoms with Gasteiger partial charge in [0, 0.05) is 18.1 Å². The second-order valence-electron chi connectivity index (χ2n) is 3.31. The highest BCUT2D eigenvalue weighted by atomic mass is 32.2.